The summed E-state index contributed by atoms with van der Waals surface area (Å²) in [6.07, 6.45) is 0.697. The van der Waals surface area contributed by atoms with Gasteiger partial charge in [0, 0.05) is 25.2 Å². The summed E-state index contributed by atoms with van der Waals surface area (Å²) in [6, 6.07) is 11.4. The molecule has 2 aromatic carbocycles. The molecule has 0 fully saturated rings. The minimum absolute atomic E-state index is 0.246. The molecular formula is C17H19N5O4S. The second-order valence-corrected chi connectivity index (χ2v) is 7.59. The molecule has 3 rings (SSSR count). The van der Waals surface area contributed by atoms with Gasteiger partial charge >= 0.3 is 0 Å². The molecule has 0 aliphatic heterocycles. The number of non-ortho nitro benzene ring substituents is 1. The van der Waals surface area contributed by atoms with Crippen LogP contribution in [0.2, 0.25) is 0 Å². The Bertz CT molecular complexity index is 1110. The highest BCUT2D eigenvalue weighted by Gasteiger charge is 2.18. The van der Waals surface area contributed by atoms with Crippen molar-refractivity contribution < 1.29 is 13.3 Å². The summed E-state index contributed by atoms with van der Waals surface area (Å²) in [7, 11) is -4.09. The molecule has 0 saturated heterocycles. The highest BCUT2D eigenvalue weighted by molar-refractivity contribution is 7.89. The number of nitro benzene ring substituents is 1. The highest BCUT2D eigenvalue weighted by atomic mass is 32.2. The second kappa shape index (κ2) is 7.33. The number of imidazole rings is 1. The lowest BCUT2D eigenvalue weighted by molar-refractivity contribution is -0.385. The van der Waals surface area contributed by atoms with Gasteiger partial charge in [-0.3, -0.25) is 10.1 Å². The minimum atomic E-state index is -4.09. The number of sulfonamides is 1. The van der Waals surface area contributed by atoms with Crippen LogP contribution in [0, 0.1) is 17.0 Å². The number of nitrogens with one attached hydrogen (secondary N) is 1. The number of para-hydroxylation sites is 2. The van der Waals surface area contributed by atoms with E-state index in [1.165, 1.54) is 12.1 Å². The molecule has 3 aromatic rings. The van der Waals surface area contributed by atoms with Crippen LogP contribution in [-0.4, -0.2) is 29.4 Å². The largest absolute Gasteiger partial charge is 0.384 e. The normalized spacial score (nSPS) is 11.6. The van der Waals surface area contributed by atoms with Crippen LogP contribution in [0.3, 0.4) is 0 Å². The predicted molar refractivity (Wildman–Crippen MR) is 102 cm³/mol. The Morgan fingerprint density at radius 2 is 2.00 bits per heavy atom. The molecule has 10 heteroatoms. The number of hydrogen-bond donors (Lipinski definition) is 2. The van der Waals surface area contributed by atoms with Crippen LogP contribution < -0.4 is 10.5 Å². The van der Waals surface area contributed by atoms with Gasteiger partial charge in [-0.05, 0) is 31.5 Å². The molecule has 0 amide bonds. The van der Waals surface area contributed by atoms with Gasteiger partial charge in [0.15, 0.2) is 0 Å². The fourth-order valence-corrected chi connectivity index (χ4v) is 3.68. The first-order chi connectivity index (χ1) is 12.8. The minimum Gasteiger partial charge on any atom is -0.384 e. The molecule has 0 spiro atoms. The zero-order chi connectivity index (χ0) is 19.6. The molecule has 142 valence electrons. The van der Waals surface area contributed by atoms with Crippen LogP contribution in [0.25, 0.3) is 11.0 Å². The van der Waals surface area contributed by atoms with Crippen molar-refractivity contribution in [2.45, 2.75) is 24.8 Å². The first kappa shape index (κ1) is 18.8. The van der Waals surface area contributed by atoms with Crippen LogP contribution in [0.1, 0.15) is 12.2 Å². The van der Waals surface area contributed by atoms with Crippen LogP contribution in [0.15, 0.2) is 47.4 Å². The van der Waals surface area contributed by atoms with Crippen molar-refractivity contribution in [3.8, 4) is 0 Å². The predicted octanol–water partition coefficient (Wildman–Crippen LogP) is 2.40. The second-order valence-electron chi connectivity index (χ2n) is 6.06. The number of nitrogens with zero attached hydrogens (tertiary/aromatic N) is 3. The fourth-order valence-electron chi connectivity index (χ4n) is 2.94. The average molecular weight is 389 g/mol. The van der Waals surface area contributed by atoms with Gasteiger partial charge in [0.05, 0.1) is 21.6 Å². The van der Waals surface area contributed by atoms with Crippen molar-refractivity contribution in [3.05, 3.63) is 58.4 Å². The van der Waals surface area contributed by atoms with Crippen LogP contribution in [0.5, 0.6) is 0 Å². The van der Waals surface area contributed by atoms with Crippen LogP contribution in [0.4, 0.5) is 11.4 Å². The molecule has 9 nitrogen and oxygen atoms in total. The first-order valence-corrected chi connectivity index (χ1v) is 9.79. The maximum atomic E-state index is 11.7. The molecule has 0 radical (unpaired) electrons. The van der Waals surface area contributed by atoms with E-state index >= 15 is 0 Å². The third kappa shape index (κ3) is 4.07. The van der Waals surface area contributed by atoms with E-state index in [2.05, 4.69) is 14.9 Å². The Labute approximate surface area is 156 Å². The van der Waals surface area contributed by atoms with E-state index < -0.39 is 14.9 Å². The monoisotopic (exact) mass is 389 g/mol. The molecule has 0 aliphatic rings. The summed E-state index contributed by atoms with van der Waals surface area (Å²) < 4.78 is 25.6. The van der Waals surface area contributed by atoms with Crippen molar-refractivity contribution >= 4 is 32.4 Å². The number of fused-ring (bicyclic) bond motifs is 1. The van der Waals surface area contributed by atoms with Gasteiger partial charge < -0.3 is 9.88 Å². The van der Waals surface area contributed by atoms with E-state index in [1.54, 1.807) is 0 Å². The molecule has 1 heterocycles. The number of primary sulfonamides is 1. The first-order valence-electron chi connectivity index (χ1n) is 8.24. The molecule has 0 aliphatic carbocycles. The number of nitrogens with two attached hydrogens (primary N) is 1. The maximum Gasteiger partial charge on any atom is 0.270 e. The maximum absolute atomic E-state index is 11.7. The third-order valence-electron chi connectivity index (χ3n) is 4.20. The number of hydrogen-bond acceptors (Lipinski definition) is 6. The Morgan fingerprint density at radius 3 is 2.70 bits per heavy atom. The number of nitro groups is 1. The van der Waals surface area contributed by atoms with E-state index in [0.29, 0.717) is 19.5 Å². The number of anilines is 1. The van der Waals surface area contributed by atoms with Crippen molar-refractivity contribution in [2.24, 2.45) is 5.14 Å². The van der Waals surface area contributed by atoms with Crippen LogP contribution in [-0.2, 0) is 16.6 Å². The lowest BCUT2D eigenvalue weighted by Crippen LogP contribution is -2.16. The lowest BCUT2D eigenvalue weighted by atomic mass is 10.2. The Kier molecular flexibility index (Phi) is 5.10. The molecule has 1 aromatic heterocycles. The summed E-state index contributed by atoms with van der Waals surface area (Å²) in [6.45, 7) is 3.09. The number of aromatic nitrogens is 2. The van der Waals surface area contributed by atoms with Crippen molar-refractivity contribution in [1.29, 1.82) is 0 Å². The third-order valence-corrected chi connectivity index (χ3v) is 5.15. The summed E-state index contributed by atoms with van der Waals surface area (Å²) in [5.74, 6) is 0.900. The molecule has 3 N–H and O–H groups in total. The molecule has 0 bridgehead atoms. The molecule has 0 unspecified atom stereocenters. The van der Waals surface area contributed by atoms with Gasteiger partial charge in [0.25, 0.3) is 5.69 Å². The van der Waals surface area contributed by atoms with Gasteiger partial charge in [-0.2, -0.15) is 0 Å². The molecule has 0 saturated carbocycles. The van der Waals surface area contributed by atoms with Gasteiger partial charge in [-0.1, -0.05) is 12.1 Å². The van der Waals surface area contributed by atoms with Crippen molar-refractivity contribution in [3.63, 3.8) is 0 Å². The van der Waals surface area contributed by atoms with Crippen LogP contribution >= 0.6 is 0 Å². The zero-order valence-corrected chi connectivity index (χ0v) is 15.4. The fraction of sp³-hybridized carbons (Fsp3) is 0.235. The summed E-state index contributed by atoms with van der Waals surface area (Å²) in [5, 5.41) is 19.1. The summed E-state index contributed by atoms with van der Waals surface area (Å²) in [4.78, 5) is 14.4. The average Bonchev–Trinajstić information content (AvgIpc) is 2.93. The van der Waals surface area contributed by atoms with E-state index in [9.17, 15) is 18.5 Å². The Morgan fingerprint density at radius 1 is 1.26 bits per heavy atom. The van der Waals surface area contributed by atoms with Gasteiger partial charge in [-0.15, -0.1) is 0 Å². The van der Waals surface area contributed by atoms with Gasteiger partial charge in [0.1, 0.15) is 10.7 Å². The smallest absolute Gasteiger partial charge is 0.270 e. The van der Waals surface area contributed by atoms with Crippen molar-refractivity contribution in [2.75, 3.05) is 11.9 Å². The Hall–Kier alpha value is -2.98. The van der Waals surface area contributed by atoms with E-state index in [-0.39, 0.29) is 16.3 Å². The zero-order valence-electron chi connectivity index (χ0n) is 14.6. The Balaban J connectivity index is 1.72. The highest BCUT2D eigenvalue weighted by Crippen LogP contribution is 2.25. The summed E-state index contributed by atoms with van der Waals surface area (Å²) >= 11 is 0. The van der Waals surface area contributed by atoms with E-state index in [4.69, 9.17) is 5.14 Å². The van der Waals surface area contributed by atoms with Gasteiger partial charge in [-0.25, -0.2) is 18.5 Å². The number of aryl methyl sites for hydroxylation is 2. The lowest BCUT2D eigenvalue weighted by Gasteiger charge is -2.12. The number of rotatable bonds is 7. The molecule has 0 atom stereocenters. The van der Waals surface area contributed by atoms with E-state index in [0.717, 1.165) is 22.9 Å². The summed E-state index contributed by atoms with van der Waals surface area (Å²) in [5.41, 5.74) is 1.88. The molecule has 27 heavy (non-hydrogen) atoms. The standard InChI is InChI=1S/C17H19N5O4S/c1-12-20-14-5-2-3-6-16(14)21(12)10-4-9-19-15-8-7-13(22(23)24)11-17(15)27(18,25)26/h2-3,5-8,11,19H,4,9-10H2,1H3,(H2,18,25,26). The molecular weight excluding hydrogens is 370 g/mol. The van der Waals surface area contributed by atoms with Gasteiger partial charge in [0.2, 0.25) is 10.0 Å². The van der Waals surface area contributed by atoms with Crippen molar-refractivity contribution in [1.82, 2.24) is 9.55 Å². The SMILES string of the molecule is Cc1nc2ccccc2n1CCCNc1ccc([N+](=O)[O-])cc1S(N)(=O)=O. The number of benzene rings is 2. The topological polar surface area (TPSA) is 133 Å². The van der Waals surface area contributed by atoms with E-state index in [1.807, 2.05) is 31.2 Å². The quantitative estimate of drug-likeness (QED) is 0.362.